The summed E-state index contributed by atoms with van der Waals surface area (Å²) < 4.78 is 16.5. The van der Waals surface area contributed by atoms with Gasteiger partial charge in [-0.05, 0) is 59.7 Å². The van der Waals surface area contributed by atoms with Gasteiger partial charge in [-0.25, -0.2) is 0 Å². The Hall–Kier alpha value is -4.78. The Morgan fingerprint density at radius 1 is 0.892 bits per heavy atom. The molecule has 7 nitrogen and oxygen atoms in total. The van der Waals surface area contributed by atoms with Gasteiger partial charge in [-0.3, -0.25) is 9.59 Å². The number of methoxy groups -OCH3 is 1. The highest BCUT2D eigenvalue weighted by Crippen LogP contribution is 2.41. The molecule has 186 valence electrons. The third-order valence-corrected chi connectivity index (χ3v) is 6.25. The van der Waals surface area contributed by atoms with E-state index in [1.165, 1.54) is 11.2 Å². The van der Waals surface area contributed by atoms with Crippen LogP contribution in [0.25, 0.3) is 5.76 Å². The Labute approximate surface area is 214 Å². The number of likely N-dealkylation sites (tertiary alicyclic amines) is 1. The number of benzene rings is 3. The maximum absolute atomic E-state index is 13.2. The molecule has 7 heteroatoms. The highest BCUT2D eigenvalue weighted by atomic mass is 16.5. The van der Waals surface area contributed by atoms with Crippen molar-refractivity contribution in [2.24, 2.45) is 0 Å². The van der Waals surface area contributed by atoms with Crippen molar-refractivity contribution in [1.82, 2.24) is 4.90 Å². The van der Waals surface area contributed by atoms with Crippen molar-refractivity contribution in [2.75, 3.05) is 7.11 Å². The summed E-state index contributed by atoms with van der Waals surface area (Å²) in [6.45, 7) is 0.489. The molecule has 1 aromatic heterocycles. The number of Topliss-reactive ketones (excluding diaryl/α,β-unsaturated/α-hetero) is 1. The molecular weight excluding hydrogens is 470 g/mol. The van der Waals surface area contributed by atoms with Gasteiger partial charge < -0.3 is 23.9 Å². The van der Waals surface area contributed by atoms with Crippen LogP contribution in [0.3, 0.4) is 0 Å². The predicted molar refractivity (Wildman–Crippen MR) is 137 cm³/mol. The lowest BCUT2D eigenvalue weighted by molar-refractivity contribution is -0.140. The van der Waals surface area contributed by atoms with Crippen LogP contribution in [0.4, 0.5) is 0 Å². The summed E-state index contributed by atoms with van der Waals surface area (Å²) in [6.07, 6.45) is 1.51. The van der Waals surface area contributed by atoms with E-state index in [2.05, 4.69) is 0 Å². The number of aliphatic hydroxyl groups excluding tert-OH is 1. The fraction of sp³-hybridized carbons (Fsp3) is 0.133. The average molecular weight is 496 g/mol. The fourth-order valence-electron chi connectivity index (χ4n) is 4.35. The van der Waals surface area contributed by atoms with Crippen LogP contribution in [0.15, 0.2) is 107 Å². The van der Waals surface area contributed by atoms with E-state index < -0.39 is 17.7 Å². The van der Waals surface area contributed by atoms with Gasteiger partial charge in [0.2, 0.25) is 0 Å². The zero-order chi connectivity index (χ0) is 25.8. The molecule has 0 bridgehead atoms. The van der Waals surface area contributed by atoms with Crippen molar-refractivity contribution in [3.05, 3.63) is 125 Å². The normalized spacial score (nSPS) is 16.7. The zero-order valence-corrected chi connectivity index (χ0v) is 20.2. The van der Waals surface area contributed by atoms with Crippen molar-refractivity contribution in [3.63, 3.8) is 0 Å². The molecule has 1 atom stereocenters. The number of hydrogen-bond acceptors (Lipinski definition) is 6. The van der Waals surface area contributed by atoms with Gasteiger partial charge in [0, 0.05) is 5.56 Å². The summed E-state index contributed by atoms with van der Waals surface area (Å²) in [5.74, 6) is 0.0647. The van der Waals surface area contributed by atoms with E-state index in [9.17, 15) is 14.7 Å². The number of amides is 1. The topological polar surface area (TPSA) is 89.2 Å². The Morgan fingerprint density at radius 3 is 2.24 bits per heavy atom. The average Bonchev–Trinajstić information content (AvgIpc) is 3.55. The first-order valence-electron chi connectivity index (χ1n) is 11.8. The summed E-state index contributed by atoms with van der Waals surface area (Å²) in [5, 5.41) is 11.2. The van der Waals surface area contributed by atoms with Crippen molar-refractivity contribution in [3.8, 4) is 11.5 Å². The molecule has 0 spiro atoms. The van der Waals surface area contributed by atoms with Crippen LogP contribution in [0.1, 0.15) is 28.5 Å². The molecule has 0 aliphatic carbocycles. The first kappa shape index (κ1) is 23.9. The molecule has 0 saturated carbocycles. The number of nitrogens with zero attached hydrogens (tertiary/aromatic N) is 1. The minimum atomic E-state index is -0.810. The number of rotatable bonds is 8. The predicted octanol–water partition coefficient (Wildman–Crippen LogP) is 5.49. The van der Waals surface area contributed by atoms with Gasteiger partial charge in [0.15, 0.2) is 0 Å². The van der Waals surface area contributed by atoms with Crippen molar-refractivity contribution in [1.29, 1.82) is 0 Å². The van der Waals surface area contributed by atoms with Crippen molar-refractivity contribution in [2.45, 2.75) is 19.2 Å². The monoisotopic (exact) mass is 495 g/mol. The van der Waals surface area contributed by atoms with E-state index in [1.807, 2.05) is 30.3 Å². The lowest BCUT2D eigenvalue weighted by atomic mass is 9.95. The molecule has 5 rings (SSSR count). The molecule has 3 aromatic carbocycles. The third kappa shape index (κ3) is 4.97. The van der Waals surface area contributed by atoms with Gasteiger partial charge in [-0.1, -0.05) is 42.5 Å². The Morgan fingerprint density at radius 2 is 1.59 bits per heavy atom. The van der Waals surface area contributed by atoms with E-state index in [0.717, 1.165) is 5.56 Å². The molecule has 1 saturated heterocycles. The first-order chi connectivity index (χ1) is 18.0. The molecule has 1 fully saturated rings. The first-order valence-corrected chi connectivity index (χ1v) is 11.8. The number of aliphatic hydroxyl groups is 1. The number of ketones is 1. The molecule has 1 unspecified atom stereocenters. The lowest BCUT2D eigenvalue weighted by Gasteiger charge is -2.24. The maximum atomic E-state index is 13.2. The molecule has 2 heterocycles. The Balaban J connectivity index is 1.50. The molecule has 1 aliphatic heterocycles. The van der Waals surface area contributed by atoms with E-state index in [4.69, 9.17) is 13.9 Å². The van der Waals surface area contributed by atoms with Crippen LogP contribution in [-0.4, -0.2) is 28.8 Å². The second-order valence-electron chi connectivity index (χ2n) is 8.58. The molecule has 37 heavy (non-hydrogen) atoms. The third-order valence-electron chi connectivity index (χ3n) is 6.25. The lowest BCUT2D eigenvalue weighted by Crippen LogP contribution is -2.29. The quantitative estimate of drug-likeness (QED) is 0.198. The summed E-state index contributed by atoms with van der Waals surface area (Å²) in [5.41, 5.74) is 2.12. The molecule has 0 radical (unpaired) electrons. The highest BCUT2D eigenvalue weighted by Gasteiger charge is 2.46. The van der Waals surface area contributed by atoms with Crippen LogP contribution in [0.5, 0.6) is 11.5 Å². The van der Waals surface area contributed by atoms with Gasteiger partial charge >= 0.3 is 0 Å². The molecule has 1 N–H and O–H groups in total. The fourth-order valence-corrected chi connectivity index (χ4v) is 4.35. The second kappa shape index (κ2) is 10.5. The van der Waals surface area contributed by atoms with Gasteiger partial charge in [0.25, 0.3) is 11.7 Å². The summed E-state index contributed by atoms with van der Waals surface area (Å²) in [7, 11) is 1.54. The van der Waals surface area contributed by atoms with Crippen LogP contribution in [-0.2, 0) is 22.7 Å². The minimum Gasteiger partial charge on any atom is -0.507 e. The van der Waals surface area contributed by atoms with E-state index in [1.54, 1.807) is 67.8 Å². The van der Waals surface area contributed by atoms with Gasteiger partial charge in [-0.2, -0.15) is 0 Å². The molecule has 1 amide bonds. The number of carbonyl (C=O) groups excluding carboxylic acids is 2. The zero-order valence-electron chi connectivity index (χ0n) is 20.2. The Bertz CT molecular complexity index is 1410. The van der Waals surface area contributed by atoms with Gasteiger partial charge in [0.1, 0.15) is 29.6 Å². The highest BCUT2D eigenvalue weighted by molar-refractivity contribution is 6.46. The molecular formula is C30H25NO6. The van der Waals surface area contributed by atoms with E-state index in [0.29, 0.717) is 35.0 Å². The standard InChI is InChI=1S/C30H25NO6/c1-35-23-13-11-22(12-14-23)28(32)26-27(31(30(34)29(26)33)18-25-8-5-17-36-25)21-9-15-24(16-10-21)37-19-20-6-3-2-4-7-20/h2-17,27,32H,18-19H2,1H3/b28-26+. The van der Waals surface area contributed by atoms with Crippen molar-refractivity contribution < 1.29 is 28.6 Å². The van der Waals surface area contributed by atoms with Gasteiger partial charge in [0.05, 0.1) is 31.5 Å². The molecule has 4 aromatic rings. The largest absolute Gasteiger partial charge is 0.507 e. The van der Waals surface area contributed by atoms with E-state index in [-0.39, 0.29) is 17.9 Å². The summed E-state index contributed by atoms with van der Waals surface area (Å²) in [6, 6.07) is 26.3. The van der Waals surface area contributed by atoms with Crippen LogP contribution < -0.4 is 9.47 Å². The maximum Gasteiger partial charge on any atom is 0.296 e. The summed E-state index contributed by atoms with van der Waals surface area (Å²) >= 11 is 0. The van der Waals surface area contributed by atoms with Gasteiger partial charge in [-0.15, -0.1) is 0 Å². The van der Waals surface area contributed by atoms with E-state index >= 15 is 0 Å². The minimum absolute atomic E-state index is 0.0136. The summed E-state index contributed by atoms with van der Waals surface area (Å²) in [4.78, 5) is 27.7. The SMILES string of the molecule is COc1ccc(/C(O)=C2\C(=O)C(=O)N(Cc3ccco3)C2c2ccc(OCc3ccccc3)cc2)cc1. The van der Waals surface area contributed by atoms with Crippen LogP contribution in [0.2, 0.25) is 0 Å². The number of furan rings is 1. The number of carbonyl (C=O) groups is 2. The number of hydrogen-bond donors (Lipinski definition) is 1. The Kier molecular flexibility index (Phi) is 6.76. The number of ether oxygens (including phenoxy) is 2. The molecule has 1 aliphatic rings. The van der Waals surface area contributed by atoms with Crippen molar-refractivity contribution >= 4 is 17.4 Å². The van der Waals surface area contributed by atoms with Crippen LogP contribution >= 0.6 is 0 Å². The second-order valence-corrected chi connectivity index (χ2v) is 8.58. The smallest absolute Gasteiger partial charge is 0.296 e. The van der Waals surface area contributed by atoms with Crippen LogP contribution in [0, 0.1) is 0 Å².